The van der Waals surface area contributed by atoms with Crippen LogP contribution in [0.25, 0.3) is 0 Å². The monoisotopic (exact) mass is 386 g/mol. The van der Waals surface area contributed by atoms with Crippen LogP contribution < -0.4 is 5.32 Å². The molecule has 0 unspecified atom stereocenters. The van der Waals surface area contributed by atoms with Crippen LogP contribution in [0.5, 0.6) is 0 Å². The number of amides is 1. The number of ether oxygens (including phenoxy) is 1. The molecule has 0 bridgehead atoms. The van der Waals surface area contributed by atoms with Gasteiger partial charge in [0.25, 0.3) is 5.91 Å². The molecule has 1 N–H and O–H groups in total. The number of carbonyl (C=O) groups excluding carboxylic acids is 2. The van der Waals surface area contributed by atoms with E-state index in [2.05, 4.69) is 10.3 Å². The van der Waals surface area contributed by atoms with E-state index in [4.69, 9.17) is 39.5 Å². The maximum atomic E-state index is 11.9. The zero-order valence-electron chi connectivity index (χ0n) is 12.8. The number of halogens is 3. The Labute approximate surface area is 153 Å². The second-order valence-corrected chi connectivity index (χ2v) is 6.17. The zero-order valence-corrected chi connectivity index (χ0v) is 15.1. The van der Waals surface area contributed by atoms with Crippen molar-refractivity contribution in [2.75, 3.05) is 11.9 Å². The van der Waals surface area contributed by atoms with Crippen molar-refractivity contribution in [2.45, 2.75) is 13.8 Å². The molecule has 0 spiro atoms. The van der Waals surface area contributed by atoms with Crippen molar-refractivity contribution in [1.82, 2.24) is 4.98 Å². The standard InChI is InChI=1S/C16H13Cl3N2O3/c1-8-3-4-10(5-9(8)2)21-12(22)7-24-16(23)15-14(19)13(18)11(17)6-20-15/h3-6H,7H2,1-2H3,(H,21,22). The maximum absolute atomic E-state index is 11.9. The highest BCUT2D eigenvalue weighted by molar-refractivity contribution is 6.48. The van der Waals surface area contributed by atoms with Crippen LogP contribution in [-0.4, -0.2) is 23.5 Å². The molecule has 1 aromatic heterocycles. The van der Waals surface area contributed by atoms with Crippen molar-refractivity contribution in [3.63, 3.8) is 0 Å². The number of pyridine rings is 1. The van der Waals surface area contributed by atoms with Crippen LogP contribution >= 0.6 is 34.8 Å². The molecule has 1 aromatic carbocycles. The number of hydrogen-bond acceptors (Lipinski definition) is 4. The zero-order chi connectivity index (χ0) is 17.9. The summed E-state index contributed by atoms with van der Waals surface area (Å²) < 4.78 is 4.89. The van der Waals surface area contributed by atoms with E-state index in [-0.39, 0.29) is 20.8 Å². The fraction of sp³-hybridized carbons (Fsp3) is 0.188. The molecule has 0 saturated carbocycles. The quantitative estimate of drug-likeness (QED) is 0.787. The first-order valence-corrected chi connectivity index (χ1v) is 7.96. The topological polar surface area (TPSA) is 68.3 Å². The third kappa shape index (κ3) is 4.38. The number of carbonyl (C=O) groups is 2. The predicted molar refractivity (Wildman–Crippen MR) is 94.1 cm³/mol. The molecule has 0 aliphatic heterocycles. The Kier molecular flexibility index (Phi) is 6.04. The fourth-order valence-corrected chi connectivity index (χ4v) is 2.36. The number of esters is 1. The smallest absolute Gasteiger partial charge is 0.359 e. The number of aryl methyl sites for hydroxylation is 2. The Morgan fingerprint density at radius 1 is 1.12 bits per heavy atom. The molecule has 0 radical (unpaired) electrons. The largest absolute Gasteiger partial charge is 0.451 e. The maximum Gasteiger partial charge on any atom is 0.359 e. The molecule has 24 heavy (non-hydrogen) atoms. The van der Waals surface area contributed by atoms with Gasteiger partial charge < -0.3 is 10.1 Å². The molecule has 2 rings (SSSR count). The van der Waals surface area contributed by atoms with Gasteiger partial charge in [-0.1, -0.05) is 40.9 Å². The minimum atomic E-state index is -0.867. The number of nitrogens with zero attached hydrogens (tertiary/aromatic N) is 1. The average Bonchev–Trinajstić information content (AvgIpc) is 2.54. The summed E-state index contributed by atoms with van der Waals surface area (Å²) in [6.07, 6.45) is 1.18. The Morgan fingerprint density at radius 3 is 2.50 bits per heavy atom. The summed E-state index contributed by atoms with van der Waals surface area (Å²) in [5, 5.41) is 2.63. The van der Waals surface area contributed by atoms with E-state index in [0.29, 0.717) is 5.69 Å². The molecule has 1 amide bonds. The third-order valence-electron chi connectivity index (χ3n) is 3.24. The minimum absolute atomic E-state index is 0.000125. The number of anilines is 1. The molecular weight excluding hydrogens is 375 g/mol. The summed E-state index contributed by atoms with van der Waals surface area (Å²) in [4.78, 5) is 27.6. The highest BCUT2D eigenvalue weighted by Crippen LogP contribution is 2.31. The summed E-state index contributed by atoms with van der Waals surface area (Å²) in [6.45, 7) is 3.42. The van der Waals surface area contributed by atoms with Crippen LogP contribution in [0, 0.1) is 13.8 Å². The molecule has 126 valence electrons. The molecule has 8 heteroatoms. The molecule has 0 atom stereocenters. The second-order valence-electron chi connectivity index (χ2n) is 5.01. The van der Waals surface area contributed by atoms with Crippen molar-refractivity contribution >= 4 is 52.4 Å². The first kappa shape index (κ1) is 18.5. The van der Waals surface area contributed by atoms with Gasteiger partial charge in [-0.05, 0) is 37.1 Å². The van der Waals surface area contributed by atoms with Gasteiger partial charge in [0.15, 0.2) is 12.3 Å². The first-order chi connectivity index (χ1) is 11.3. The highest BCUT2D eigenvalue weighted by atomic mass is 35.5. The Hall–Kier alpha value is -1.82. The van der Waals surface area contributed by atoms with Gasteiger partial charge in [0, 0.05) is 11.9 Å². The number of rotatable bonds is 4. The molecule has 0 saturated heterocycles. The van der Waals surface area contributed by atoms with Crippen LogP contribution in [0.3, 0.4) is 0 Å². The van der Waals surface area contributed by atoms with Gasteiger partial charge in [-0.2, -0.15) is 0 Å². The van der Waals surface area contributed by atoms with E-state index in [1.165, 1.54) is 6.20 Å². The van der Waals surface area contributed by atoms with Crippen molar-refractivity contribution in [3.8, 4) is 0 Å². The van der Waals surface area contributed by atoms with Gasteiger partial charge in [-0.3, -0.25) is 4.79 Å². The van der Waals surface area contributed by atoms with Gasteiger partial charge >= 0.3 is 5.97 Å². The summed E-state index contributed by atoms with van der Waals surface area (Å²) in [5.41, 5.74) is 2.56. The number of aromatic nitrogens is 1. The Balaban J connectivity index is 1.97. The second kappa shape index (κ2) is 7.83. The lowest BCUT2D eigenvalue weighted by molar-refractivity contribution is -0.119. The Bertz CT molecular complexity index is 809. The van der Waals surface area contributed by atoms with Crippen molar-refractivity contribution in [2.24, 2.45) is 0 Å². The highest BCUT2D eigenvalue weighted by Gasteiger charge is 2.19. The van der Waals surface area contributed by atoms with Crippen molar-refractivity contribution in [1.29, 1.82) is 0 Å². The van der Waals surface area contributed by atoms with E-state index in [1.807, 2.05) is 26.0 Å². The average molecular weight is 388 g/mol. The summed E-state index contributed by atoms with van der Waals surface area (Å²) >= 11 is 17.5. The number of nitrogens with one attached hydrogen (secondary N) is 1. The lowest BCUT2D eigenvalue weighted by Gasteiger charge is -2.09. The fourth-order valence-electron chi connectivity index (χ4n) is 1.80. The molecule has 5 nitrogen and oxygen atoms in total. The van der Waals surface area contributed by atoms with Gasteiger partial charge in [-0.25, -0.2) is 9.78 Å². The minimum Gasteiger partial charge on any atom is -0.451 e. The van der Waals surface area contributed by atoms with Gasteiger partial charge in [-0.15, -0.1) is 0 Å². The summed E-state index contributed by atoms with van der Waals surface area (Å²) in [7, 11) is 0. The first-order valence-electron chi connectivity index (χ1n) is 6.83. The predicted octanol–water partition coefficient (Wildman–Crippen LogP) is 4.45. The van der Waals surface area contributed by atoms with Crippen LogP contribution in [0.4, 0.5) is 5.69 Å². The molecule has 0 fully saturated rings. The molecule has 2 aromatic rings. The normalized spacial score (nSPS) is 10.4. The van der Waals surface area contributed by atoms with E-state index in [9.17, 15) is 9.59 Å². The van der Waals surface area contributed by atoms with Crippen molar-refractivity contribution in [3.05, 3.63) is 56.3 Å². The van der Waals surface area contributed by atoms with E-state index < -0.39 is 18.5 Å². The summed E-state index contributed by atoms with van der Waals surface area (Å²) in [6, 6.07) is 5.47. The molecule has 0 aliphatic rings. The van der Waals surface area contributed by atoms with Crippen LogP contribution in [0.2, 0.25) is 15.1 Å². The lowest BCUT2D eigenvalue weighted by atomic mass is 10.1. The third-order valence-corrected chi connectivity index (χ3v) is 4.48. The Morgan fingerprint density at radius 2 is 1.83 bits per heavy atom. The van der Waals surface area contributed by atoms with Crippen LogP contribution in [0.1, 0.15) is 21.6 Å². The van der Waals surface area contributed by atoms with Crippen LogP contribution in [-0.2, 0) is 9.53 Å². The summed E-state index contributed by atoms with van der Waals surface area (Å²) in [5.74, 6) is -1.35. The van der Waals surface area contributed by atoms with Gasteiger partial charge in [0.2, 0.25) is 0 Å². The van der Waals surface area contributed by atoms with Gasteiger partial charge in [0.1, 0.15) is 0 Å². The van der Waals surface area contributed by atoms with Gasteiger partial charge in [0.05, 0.1) is 15.1 Å². The molecular formula is C16H13Cl3N2O3. The molecule has 1 heterocycles. The number of benzene rings is 1. The molecule has 0 aliphatic carbocycles. The lowest BCUT2D eigenvalue weighted by Crippen LogP contribution is -2.21. The number of hydrogen-bond donors (Lipinski definition) is 1. The van der Waals surface area contributed by atoms with E-state index >= 15 is 0 Å². The van der Waals surface area contributed by atoms with E-state index in [1.54, 1.807) is 6.07 Å². The SMILES string of the molecule is Cc1ccc(NC(=O)COC(=O)c2ncc(Cl)c(Cl)c2Cl)cc1C. The van der Waals surface area contributed by atoms with Crippen molar-refractivity contribution < 1.29 is 14.3 Å². The van der Waals surface area contributed by atoms with Crippen LogP contribution in [0.15, 0.2) is 24.4 Å². The van der Waals surface area contributed by atoms with E-state index in [0.717, 1.165) is 11.1 Å².